The van der Waals surface area contributed by atoms with Crippen LogP contribution in [0.15, 0.2) is 77.8 Å². The second-order valence-corrected chi connectivity index (χ2v) is 6.72. The minimum atomic E-state index is -0.458. The van der Waals surface area contributed by atoms with E-state index >= 15 is 0 Å². The van der Waals surface area contributed by atoms with Gasteiger partial charge in [-0.1, -0.05) is 40.2 Å². The van der Waals surface area contributed by atoms with Crippen LogP contribution in [0.2, 0.25) is 0 Å². The second-order valence-electron chi connectivity index (χ2n) is 5.81. The zero-order valence-electron chi connectivity index (χ0n) is 14.1. The van der Waals surface area contributed by atoms with E-state index in [2.05, 4.69) is 36.5 Å². The number of aromatic nitrogens is 2. The van der Waals surface area contributed by atoms with Crippen molar-refractivity contribution in [3.63, 3.8) is 0 Å². The molecule has 2 aromatic heterocycles. The van der Waals surface area contributed by atoms with Crippen LogP contribution in [0.25, 0.3) is 0 Å². The summed E-state index contributed by atoms with van der Waals surface area (Å²) in [7, 11) is 0. The Balaban J connectivity index is 1.71. The van der Waals surface area contributed by atoms with Gasteiger partial charge in [0, 0.05) is 42.3 Å². The van der Waals surface area contributed by atoms with Crippen LogP contribution in [-0.2, 0) is 17.9 Å². The molecule has 0 saturated carbocycles. The van der Waals surface area contributed by atoms with Crippen LogP contribution in [0.3, 0.4) is 0 Å². The highest BCUT2D eigenvalue weighted by atomic mass is 79.9. The van der Waals surface area contributed by atoms with Crippen molar-refractivity contribution in [1.29, 1.82) is 0 Å². The van der Waals surface area contributed by atoms with Gasteiger partial charge in [0.15, 0.2) is 0 Å². The Labute approximate surface area is 161 Å². The fraction of sp³-hybridized carbons (Fsp3) is 0.150. The molecule has 1 atom stereocenters. The highest BCUT2D eigenvalue weighted by Gasteiger charge is 2.20. The first-order chi connectivity index (χ1) is 12.7. The second kappa shape index (κ2) is 9.22. The molecule has 1 amide bonds. The van der Waals surface area contributed by atoms with Crippen molar-refractivity contribution in [1.82, 2.24) is 20.6 Å². The number of halogens is 1. The summed E-state index contributed by atoms with van der Waals surface area (Å²) in [5.41, 5.74) is 2.89. The number of amides is 1. The molecular weight excluding hydrogens is 392 g/mol. The molecule has 3 aromatic rings. The lowest BCUT2D eigenvalue weighted by atomic mass is 10.1. The van der Waals surface area contributed by atoms with E-state index in [0.717, 1.165) is 21.2 Å². The van der Waals surface area contributed by atoms with E-state index in [1.54, 1.807) is 24.8 Å². The Morgan fingerprint density at radius 1 is 0.923 bits per heavy atom. The third-order valence-electron chi connectivity index (χ3n) is 3.89. The van der Waals surface area contributed by atoms with Gasteiger partial charge in [0.1, 0.15) is 6.04 Å². The van der Waals surface area contributed by atoms with E-state index in [1.807, 2.05) is 48.5 Å². The number of hydrogen-bond donors (Lipinski definition) is 2. The smallest absolute Gasteiger partial charge is 0.242 e. The SMILES string of the molecule is O=C(NCc1cccnc1)C(NCc1cccnc1)c1ccc(Br)cc1. The van der Waals surface area contributed by atoms with Crippen molar-refractivity contribution < 1.29 is 4.79 Å². The van der Waals surface area contributed by atoms with Gasteiger partial charge in [-0.05, 0) is 41.0 Å². The standard InChI is InChI=1S/C20H19BrN4O/c21-18-7-5-17(6-8-18)19(24-13-15-3-1-9-22-11-15)20(26)25-14-16-4-2-10-23-12-16/h1-12,19,24H,13-14H2,(H,25,26). The first-order valence-corrected chi connectivity index (χ1v) is 9.06. The number of carbonyl (C=O) groups excluding carboxylic acids is 1. The van der Waals surface area contributed by atoms with Crippen molar-refractivity contribution >= 4 is 21.8 Å². The molecule has 0 aliphatic rings. The Morgan fingerprint density at radius 3 is 2.12 bits per heavy atom. The summed E-state index contributed by atoms with van der Waals surface area (Å²) in [6, 6.07) is 14.9. The summed E-state index contributed by atoms with van der Waals surface area (Å²) in [4.78, 5) is 21.0. The molecule has 3 rings (SSSR count). The van der Waals surface area contributed by atoms with E-state index in [9.17, 15) is 4.79 Å². The molecule has 0 aliphatic heterocycles. The minimum Gasteiger partial charge on any atom is -0.350 e. The molecule has 5 nitrogen and oxygen atoms in total. The largest absolute Gasteiger partial charge is 0.350 e. The molecule has 0 bridgehead atoms. The molecule has 0 aliphatic carbocycles. The van der Waals surface area contributed by atoms with Gasteiger partial charge in [0.05, 0.1) is 0 Å². The van der Waals surface area contributed by atoms with Gasteiger partial charge in [-0.25, -0.2) is 0 Å². The molecule has 1 unspecified atom stereocenters. The van der Waals surface area contributed by atoms with Gasteiger partial charge in [-0.3, -0.25) is 20.1 Å². The molecular formula is C20H19BrN4O. The van der Waals surface area contributed by atoms with Gasteiger partial charge in [0.25, 0.3) is 0 Å². The zero-order valence-corrected chi connectivity index (χ0v) is 15.7. The van der Waals surface area contributed by atoms with E-state index in [0.29, 0.717) is 13.1 Å². The third-order valence-corrected chi connectivity index (χ3v) is 4.42. The van der Waals surface area contributed by atoms with E-state index in [4.69, 9.17) is 0 Å². The van der Waals surface area contributed by atoms with Crippen molar-refractivity contribution in [2.24, 2.45) is 0 Å². The van der Waals surface area contributed by atoms with Crippen LogP contribution < -0.4 is 10.6 Å². The lowest BCUT2D eigenvalue weighted by Crippen LogP contribution is -2.37. The first-order valence-electron chi connectivity index (χ1n) is 8.27. The minimum absolute atomic E-state index is 0.0833. The number of nitrogens with one attached hydrogen (secondary N) is 2. The summed E-state index contributed by atoms with van der Waals surface area (Å²) in [5, 5.41) is 6.30. The molecule has 132 valence electrons. The summed E-state index contributed by atoms with van der Waals surface area (Å²) < 4.78 is 0.975. The number of pyridine rings is 2. The lowest BCUT2D eigenvalue weighted by Gasteiger charge is -2.19. The van der Waals surface area contributed by atoms with Gasteiger partial charge in [0.2, 0.25) is 5.91 Å². The van der Waals surface area contributed by atoms with Crippen LogP contribution in [0.1, 0.15) is 22.7 Å². The number of hydrogen-bond acceptors (Lipinski definition) is 4. The van der Waals surface area contributed by atoms with Crippen LogP contribution in [0.4, 0.5) is 0 Å². The molecule has 0 spiro atoms. The molecule has 0 fully saturated rings. The number of rotatable bonds is 7. The van der Waals surface area contributed by atoms with Crippen LogP contribution >= 0.6 is 15.9 Å². The van der Waals surface area contributed by atoms with Gasteiger partial charge in [-0.2, -0.15) is 0 Å². The molecule has 26 heavy (non-hydrogen) atoms. The average Bonchev–Trinajstić information content (AvgIpc) is 2.69. The maximum atomic E-state index is 12.8. The zero-order chi connectivity index (χ0) is 18.2. The van der Waals surface area contributed by atoms with Crippen molar-refractivity contribution in [2.75, 3.05) is 0 Å². The number of carbonyl (C=O) groups is 1. The number of nitrogens with zero attached hydrogens (tertiary/aromatic N) is 2. The normalized spacial score (nSPS) is 11.7. The van der Waals surface area contributed by atoms with Crippen LogP contribution in [0, 0.1) is 0 Å². The molecule has 1 aromatic carbocycles. The third kappa shape index (κ3) is 5.21. The predicted molar refractivity (Wildman–Crippen MR) is 104 cm³/mol. The summed E-state index contributed by atoms with van der Waals surface area (Å²) in [6.45, 7) is 0.989. The van der Waals surface area contributed by atoms with Crippen LogP contribution in [-0.4, -0.2) is 15.9 Å². The Bertz CT molecular complexity index is 825. The quantitative estimate of drug-likeness (QED) is 0.626. The van der Waals surface area contributed by atoms with Crippen molar-refractivity contribution in [3.8, 4) is 0 Å². The molecule has 0 radical (unpaired) electrons. The predicted octanol–water partition coefficient (Wildman–Crippen LogP) is 3.39. The monoisotopic (exact) mass is 410 g/mol. The Morgan fingerprint density at radius 2 is 1.54 bits per heavy atom. The van der Waals surface area contributed by atoms with Crippen molar-refractivity contribution in [3.05, 3.63) is 94.5 Å². The highest BCUT2D eigenvalue weighted by Crippen LogP contribution is 2.18. The van der Waals surface area contributed by atoms with Crippen molar-refractivity contribution in [2.45, 2.75) is 19.1 Å². The number of benzene rings is 1. The maximum Gasteiger partial charge on any atom is 0.242 e. The lowest BCUT2D eigenvalue weighted by molar-refractivity contribution is -0.123. The summed E-state index contributed by atoms with van der Waals surface area (Å²) in [6.07, 6.45) is 6.99. The summed E-state index contributed by atoms with van der Waals surface area (Å²) in [5.74, 6) is -0.0833. The van der Waals surface area contributed by atoms with Gasteiger partial charge < -0.3 is 5.32 Å². The van der Waals surface area contributed by atoms with Gasteiger partial charge >= 0.3 is 0 Å². The fourth-order valence-corrected chi connectivity index (χ4v) is 2.80. The molecule has 0 saturated heterocycles. The molecule has 2 heterocycles. The van der Waals surface area contributed by atoms with Gasteiger partial charge in [-0.15, -0.1) is 0 Å². The average molecular weight is 411 g/mol. The fourth-order valence-electron chi connectivity index (χ4n) is 2.53. The van der Waals surface area contributed by atoms with Crippen LogP contribution in [0.5, 0.6) is 0 Å². The first kappa shape index (κ1) is 18.2. The Kier molecular flexibility index (Phi) is 6.46. The van der Waals surface area contributed by atoms with E-state index < -0.39 is 6.04 Å². The molecule has 6 heteroatoms. The highest BCUT2D eigenvalue weighted by molar-refractivity contribution is 9.10. The van der Waals surface area contributed by atoms with E-state index in [1.165, 1.54) is 0 Å². The van der Waals surface area contributed by atoms with E-state index in [-0.39, 0.29) is 5.91 Å². The molecule has 2 N–H and O–H groups in total. The maximum absolute atomic E-state index is 12.8. The Hall–Kier alpha value is -2.57. The topological polar surface area (TPSA) is 66.9 Å². The summed E-state index contributed by atoms with van der Waals surface area (Å²) >= 11 is 3.43.